The molecule has 128 valence electrons. The van der Waals surface area contributed by atoms with E-state index in [2.05, 4.69) is 57.3 Å². The highest BCUT2D eigenvalue weighted by Crippen LogP contribution is 2.25. The summed E-state index contributed by atoms with van der Waals surface area (Å²) < 4.78 is 1.03. The largest absolute Gasteiger partial charge is 0.365 e. The minimum Gasteiger partial charge on any atom is -0.365 e. The summed E-state index contributed by atoms with van der Waals surface area (Å²) in [5.74, 6) is 1.36. The molecule has 2 N–H and O–H groups in total. The molecule has 0 saturated carbocycles. The summed E-state index contributed by atoms with van der Waals surface area (Å²) in [5, 5.41) is 6.71. The summed E-state index contributed by atoms with van der Waals surface area (Å²) in [7, 11) is 0. The van der Waals surface area contributed by atoms with E-state index in [1.807, 2.05) is 60.7 Å². The summed E-state index contributed by atoms with van der Waals surface area (Å²) in [6.07, 6.45) is 0. The lowest BCUT2D eigenvalue weighted by Crippen LogP contribution is -2.26. The first-order chi connectivity index (χ1) is 11.9. The average molecular weight is 397 g/mol. The van der Waals surface area contributed by atoms with Crippen LogP contribution in [0.25, 0.3) is 11.3 Å². The van der Waals surface area contributed by atoms with Gasteiger partial charge < -0.3 is 10.6 Å². The first-order valence-electron chi connectivity index (χ1n) is 8.14. The van der Waals surface area contributed by atoms with Crippen LogP contribution in [0, 0.1) is 0 Å². The molecule has 0 spiro atoms. The summed E-state index contributed by atoms with van der Waals surface area (Å²) >= 11 is 3.45. The van der Waals surface area contributed by atoms with Gasteiger partial charge in [0, 0.05) is 27.3 Å². The molecule has 0 fully saturated rings. The van der Waals surface area contributed by atoms with Crippen LogP contribution in [-0.4, -0.2) is 15.5 Å². The van der Waals surface area contributed by atoms with E-state index in [0.717, 1.165) is 27.2 Å². The molecule has 0 amide bonds. The zero-order valence-electron chi connectivity index (χ0n) is 14.5. The van der Waals surface area contributed by atoms with Crippen molar-refractivity contribution in [1.82, 2.24) is 9.97 Å². The first kappa shape index (κ1) is 17.4. The van der Waals surface area contributed by atoms with E-state index < -0.39 is 0 Å². The molecule has 1 heterocycles. The Hall–Kier alpha value is -2.40. The fourth-order valence-corrected chi connectivity index (χ4v) is 2.63. The second-order valence-electron chi connectivity index (χ2n) is 6.83. The Kier molecular flexibility index (Phi) is 5.04. The van der Waals surface area contributed by atoms with Crippen molar-refractivity contribution in [2.75, 3.05) is 10.6 Å². The van der Waals surface area contributed by atoms with Crippen LogP contribution in [-0.2, 0) is 0 Å². The summed E-state index contributed by atoms with van der Waals surface area (Å²) in [4.78, 5) is 9.29. The van der Waals surface area contributed by atoms with Crippen LogP contribution in [0.5, 0.6) is 0 Å². The molecule has 5 heteroatoms. The van der Waals surface area contributed by atoms with Crippen molar-refractivity contribution in [2.45, 2.75) is 26.3 Å². The number of hydrogen-bond donors (Lipinski definition) is 2. The standard InChI is InChI=1S/C20H21BrN4/c1-20(2,3)25-18-13-17(14-7-5-4-6-8-14)23-19(24-18)22-16-11-9-15(21)10-12-16/h4-13H,1-3H3,(H2,22,23,24,25). The SMILES string of the molecule is CC(C)(C)Nc1cc(-c2ccccc2)nc(Nc2ccc(Br)cc2)n1. The highest BCUT2D eigenvalue weighted by Gasteiger charge is 2.13. The zero-order valence-corrected chi connectivity index (χ0v) is 16.1. The van der Waals surface area contributed by atoms with E-state index in [4.69, 9.17) is 0 Å². The predicted octanol–water partition coefficient (Wildman–Crippen LogP) is 5.86. The topological polar surface area (TPSA) is 49.8 Å². The van der Waals surface area contributed by atoms with Gasteiger partial charge >= 0.3 is 0 Å². The van der Waals surface area contributed by atoms with Gasteiger partial charge in [0.2, 0.25) is 5.95 Å². The van der Waals surface area contributed by atoms with Crippen molar-refractivity contribution in [3.63, 3.8) is 0 Å². The molecular formula is C20H21BrN4. The lowest BCUT2D eigenvalue weighted by atomic mass is 10.1. The Morgan fingerprint density at radius 1 is 0.880 bits per heavy atom. The first-order valence-corrected chi connectivity index (χ1v) is 8.94. The van der Waals surface area contributed by atoms with Crippen molar-refractivity contribution in [3.8, 4) is 11.3 Å². The fraction of sp³-hybridized carbons (Fsp3) is 0.200. The van der Waals surface area contributed by atoms with Crippen LogP contribution >= 0.6 is 15.9 Å². The summed E-state index contributed by atoms with van der Waals surface area (Å²) in [6.45, 7) is 6.33. The van der Waals surface area contributed by atoms with Crippen LogP contribution in [0.4, 0.5) is 17.5 Å². The number of halogens is 1. The van der Waals surface area contributed by atoms with Crippen molar-refractivity contribution in [3.05, 3.63) is 65.1 Å². The van der Waals surface area contributed by atoms with Crippen LogP contribution in [0.2, 0.25) is 0 Å². The molecule has 0 saturated heterocycles. The Bertz CT molecular complexity index is 840. The third-order valence-electron chi connectivity index (χ3n) is 3.40. The highest BCUT2D eigenvalue weighted by atomic mass is 79.9. The summed E-state index contributed by atoms with van der Waals surface area (Å²) in [5.41, 5.74) is 2.79. The number of nitrogens with zero attached hydrogens (tertiary/aromatic N) is 2. The van der Waals surface area contributed by atoms with Gasteiger partial charge in [-0.3, -0.25) is 0 Å². The molecule has 1 aromatic heterocycles. The van der Waals surface area contributed by atoms with E-state index >= 15 is 0 Å². The van der Waals surface area contributed by atoms with Gasteiger partial charge in [0.1, 0.15) is 5.82 Å². The van der Waals surface area contributed by atoms with Gasteiger partial charge in [0.25, 0.3) is 0 Å². The Morgan fingerprint density at radius 3 is 2.20 bits per heavy atom. The van der Waals surface area contributed by atoms with Gasteiger partial charge in [0.05, 0.1) is 5.69 Å². The third-order valence-corrected chi connectivity index (χ3v) is 3.93. The second kappa shape index (κ2) is 7.23. The zero-order chi connectivity index (χ0) is 17.9. The Labute approximate surface area is 156 Å². The number of hydrogen-bond acceptors (Lipinski definition) is 4. The highest BCUT2D eigenvalue weighted by molar-refractivity contribution is 9.10. The normalized spacial score (nSPS) is 11.2. The average Bonchev–Trinajstić information content (AvgIpc) is 2.56. The smallest absolute Gasteiger partial charge is 0.229 e. The van der Waals surface area contributed by atoms with Crippen LogP contribution in [0.3, 0.4) is 0 Å². The molecular weight excluding hydrogens is 376 g/mol. The Balaban J connectivity index is 1.98. The van der Waals surface area contributed by atoms with Gasteiger partial charge in [-0.15, -0.1) is 0 Å². The van der Waals surface area contributed by atoms with E-state index in [1.165, 1.54) is 0 Å². The molecule has 0 aliphatic carbocycles. The molecule has 0 bridgehead atoms. The second-order valence-corrected chi connectivity index (χ2v) is 7.75. The predicted molar refractivity (Wildman–Crippen MR) is 108 cm³/mol. The van der Waals surface area contributed by atoms with Gasteiger partial charge in [-0.1, -0.05) is 46.3 Å². The molecule has 0 atom stereocenters. The van der Waals surface area contributed by atoms with Crippen molar-refractivity contribution in [1.29, 1.82) is 0 Å². The quantitative estimate of drug-likeness (QED) is 0.579. The molecule has 3 rings (SSSR count). The molecule has 0 radical (unpaired) electrons. The number of anilines is 3. The van der Waals surface area contributed by atoms with E-state index in [1.54, 1.807) is 0 Å². The van der Waals surface area contributed by atoms with Gasteiger partial charge in [-0.2, -0.15) is 4.98 Å². The molecule has 3 aromatic rings. The van der Waals surface area contributed by atoms with Gasteiger partial charge in [0.15, 0.2) is 0 Å². The van der Waals surface area contributed by atoms with Crippen LogP contribution in [0.15, 0.2) is 65.1 Å². The molecule has 2 aromatic carbocycles. The lowest BCUT2D eigenvalue weighted by Gasteiger charge is -2.22. The van der Waals surface area contributed by atoms with Crippen LogP contribution in [0.1, 0.15) is 20.8 Å². The molecule has 0 aliphatic rings. The maximum atomic E-state index is 4.68. The molecule has 0 unspecified atom stereocenters. The number of rotatable bonds is 4. The minimum atomic E-state index is -0.0861. The van der Waals surface area contributed by atoms with Crippen molar-refractivity contribution < 1.29 is 0 Å². The minimum absolute atomic E-state index is 0.0861. The maximum Gasteiger partial charge on any atom is 0.229 e. The third kappa shape index (κ3) is 5.03. The van der Waals surface area contributed by atoms with E-state index in [-0.39, 0.29) is 5.54 Å². The van der Waals surface area contributed by atoms with Gasteiger partial charge in [-0.05, 0) is 45.0 Å². The van der Waals surface area contributed by atoms with E-state index in [0.29, 0.717) is 5.95 Å². The van der Waals surface area contributed by atoms with Crippen molar-refractivity contribution in [2.24, 2.45) is 0 Å². The lowest BCUT2D eigenvalue weighted by molar-refractivity contribution is 0.630. The fourth-order valence-electron chi connectivity index (χ4n) is 2.37. The van der Waals surface area contributed by atoms with Crippen LogP contribution < -0.4 is 10.6 Å². The summed E-state index contributed by atoms with van der Waals surface area (Å²) in [6, 6.07) is 20.0. The van der Waals surface area contributed by atoms with Crippen molar-refractivity contribution >= 4 is 33.4 Å². The van der Waals surface area contributed by atoms with Gasteiger partial charge in [-0.25, -0.2) is 4.98 Å². The molecule has 25 heavy (non-hydrogen) atoms. The maximum absolute atomic E-state index is 4.68. The number of benzene rings is 2. The molecule has 4 nitrogen and oxygen atoms in total. The molecule has 0 aliphatic heterocycles. The Morgan fingerprint density at radius 2 is 1.56 bits per heavy atom. The number of nitrogens with one attached hydrogen (secondary N) is 2. The monoisotopic (exact) mass is 396 g/mol. The number of aromatic nitrogens is 2. The van der Waals surface area contributed by atoms with E-state index in [9.17, 15) is 0 Å².